The maximum absolute atomic E-state index is 12.4. The highest BCUT2D eigenvalue weighted by atomic mass is 16.2. The normalized spacial score (nSPS) is 18.1. The fraction of sp³-hybridized carbons (Fsp3) is 0.500. The highest BCUT2D eigenvalue weighted by Gasteiger charge is 2.20. The summed E-state index contributed by atoms with van der Waals surface area (Å²) in [6, 6.07) is 7.50. The lowest BCUT2D eigenvalue weighted by Crippen LogP contribution is -2.32. The molecule has 8 heteroatoms. The summed E-state index contributed by atoms with van der Waals surface area (Å²) in [6.07, 6.45) is 8.13. The van der Waals surface area contributed by atoms with E-state index in [-0.39, 0.29) is 23.9 Å². The molecule has 2 aliphatic rings. The van der Waals surface area contributed by atoms with Crippen molar-refractivity contribution in [3.63, 3.8) is 0 Å². The van der Waals surface area contributed by atoms with E-state index in [4.69, 9.17) is 0 Å². The highest BCUT2D eigenvalue weighted by Crippen LogP contribution is 2.19. The molecule has 3 N–H and O–H groups in total. The molecule has 1 aromatic heterocycles. The Balaban J connectivity index is 1.34. The van der Waals surface area contributed by atoms with Gasteiger partial charge in [0.15, 0.2) is 5.69 Å². The van der Waals surface area contributed by atoms with Crippen molar-refractivity contribution in [1.82, 2.24) is 25.6 Å². The number of hydrogen-bond acceptors (Lipinski definition) is 5. The second-order valence-corrected chi connectivity index (χ2v) is 7.55. The van der Waals surface area contributed by atoms with Crippen LogP contribution in [-0.4, -0.2) is 45.9 Å². The van der Waals surface area contributed by atoms with Gasteiger partial charge in [0.2, 0.25) is 0 Å². The predicted molar refractivity (Wildman–Crippen MR) is 105 cm³/mol. The number of carbonyl (C=O) groups is 2. The zero-order valence-corrected chi connectivity index (χ0v) is 15.9. The SMILES string of the molecule is O=C(NC1CCCC1)c1ccc(NC(=O)c2cn(C3CCNCC3)nn2)cc1. The van der Waals surface area contributed by atoms with Crippen molar-refractivity contribution < 1.29 is 9.59 Å². The summed E-state index contributed by atoms with van der Waals surface area (Å²) in [5.41, 5.74) is 1.52. The lowest BCUT2D eigenvalue weighted by molar-refractivity contribution is 0.0937. The smallest absolute Gasteiger partial charge is 0.277 e. The summed E-state index contributed by atoms with van der Waals surface area (Å²) in [6.45, 7) is 1.90. The summed E-state index contributed by atoms with van der Waals surface area (Å²) in [7, 11) is 0. The molecule has 1 saturated carbocycles. The van der Waals surface area contributed by atoms with Gasteiger partial charge in [-0.25, -0.2) is 4.68 Å². The molecular formula is C20H26N6O2. The molecule has 0 atom stereocenters. The van der Waals surface area contributed by atoms with Gasteiger partial charge in [-0.3, -0.25) is 9.59 Å². The second kappa shape index (κ2) is 8.52. The quantitative estimate of drug-likeness (QED) is 0.735. The van der Waals surface area contributed by atoms with E-state index in [1.807, 2.05) is 0 Å². The van der Waals surface area contributed by atoms with Gasteiger partial charge in [-0.1, -0.05) is 18.1 Å². The molecule has 2 aromatic rings. The Hall–Kier alpha value is -2.74. The van der Waals surface area contributed by atoms with Crippen molar-refractivity contribution in [3.8, 4) is 0 Å². The van der Waals surface area contributed by atoms with Crippen LogP contribution in [0, 0.1) is 0 Å². The van der Waals surface area contributed by atoms with E-state index >= 15 is 0 Å². The van der Waals surface area contributed by atoms with Crippen molar-refractivity contribution in [2.45, 2.75) is 50.6 Å². The van der Waals surface area contributed by atoms with E-state index in [2.05, 4.69) is 26.3 Å². The van der Waals surface area contributed by atoms with Crippen LogP contribution in [-0.2, 0) is 0 Å². The Kier molecular flexibility index (Phi) is 5.66. The second-order valence-electron chi connectivity index (χ2n) is 7.55. The van der Waals surface area contributed by atoms with Gasteiger partial charge >= 0.3 is 0 Å². The van der Waals surface area contributed by atoms with Gasteiger partial charge in [-0.15, -0.1) is 5.10 Å². The first kappa shape index (κ1) is 18.6. The standard InChI is InChI=1S/C20H26N6O2/c27-19(22-15-3-1-2-4-15)14-5-7-16(8-6-14)23-20(28)18-13-26(25-24-18)17-9-11-21-12-10-17/h5-8,13,15,17,21H,1-4,9-12H2,(H,22,27)(H,23,28). The largest absolute Gasteiger partial charge is 0.349 e. The first-order chi connectivity index (χ1) is 13.7. The third-order valence-corrected chi connectivity index (χ3v) is 5.52. The summed E-state index contributed by atoms with van der Waals surface area (Å²) < 4.78 is 1.78. The van der Waals surface area contributed by atoms with Crippen molar-refractivity contribution in [2.75, 3.05) is 18.4 Å². The van der Waals surface area contributed by atoms with Crippen molar-refractivity contribution in [3.05, 3.63) is 41.7 Å². The van der Waals surface area contributed by atoms with Gasteiger partial charge in [0.1, 0.15) is 0 Å². The van der Waals surface area contributed by atoms with E-state index in [0.717, 1.165) is 38.8 Å². The van der Waals surface area contributed by atoms with Gasteiger partial charge in [0, 0.05) is 17.3 Å². The number of piperidine rings is 1. The molecule has 2 amide bonds. The zero-order valence-electron chi connectivity index (χ0n) is 15.9. The first-order valence-corrected chi connectivity index (χ1v) is 10.0. The van der Waals surface area contributed by atoms with Crippen LogP contribution in [0.25, 0.3) is 0 Å². The van der Waals surface area contributed by atoms with E-state index in [9.17, 15) is 9.59 Å². The molecular weight excluding hydrogens is 356 g/mol. The van der Waals surface area contributed by atoms with Crippen molar-refractivity contribution in [2.24, 2.45) is 0 Å². The molecule has 1 aliphatic carbocycles. The Morgan fingerprint density at radius 2 is 1.71 bits per heavy atom. The van der Waals surface area contributed by atoms with Crippen LogP contribution in [0.2, 0.25) is 0 Å². The number of nitrogens with one attached hydrogen (secondary N) is 3. The van der Waals surface area contributed by atoms with Gasteiger partial charge in [-0.2, -0.15) is 0 Å². The molecule has 4 rings (SSSR count). The molecule has 0 radical (unpaired) electrons. The molecule has 1 aromatic carbocycles. The summed E-state index contributed by atoms with van der Waals surface area (Å²) in [5.74, 6) is -0.363. The lowest BCUT2D eigenvalue weighted by Gasteiger charge is -2.22. The van der Waals surface area contributed by atoms with Crippen molar-refractivity contribution in [1.29, 1.82) is 0 Å². The number of hydrogen-bond donors (Lipinski definition) is 3. The Morgan fingerprint density at radius 3 is 2.43 bits per heavy atom. The Morgan fingerprint density at radius 1 is 1.00 bits per heavy atom. The van der Waals surface area contributed by atoms with Gasteiger partial charge in [0.05, 0.1) is 12.2 Å². The molecule has 0 spiro atoms. The number of aromatic nitrogens is 3. The van der Waals surface area contributed by atoms with Crippen LogP contribution >= 0.6 is 0 Å². The molecule has 148 valence electrons. The minimum atomic E-state index is -0.302. The summed E-state index contributed by atoms with van der Waals surface area (Å²) in [4.78, 5) is 24.7. The van der Waals surface area contributed by atoms with Crippen LogP contribution in [0.4, 0.5) is 5.69 Å². The van der Waals surface area contributed by atoms with Crippen molar-refractivity contribution >= 4 is 17.5 Å². The third-order valence-electron chi connectivity index (χ3n) is 5.52. The number of carbonyl (C=O) groups excluding carboxylic acids is 2. The maximum Gasteiger partial charge on any atom is 0.277 e. The molecule has 2 fully saturated rings. The molecule has 2 heterocycles. The first-order valence-electron chi connectivity index (χ1n) is 10.0. The van der Waals surface area contributed by atoms with Gasteiger partial charge in [-0.05, 0) is 63.0 Å². The fourth-order valence-corrected chi connectivity index (χ4v) is 3.87. The van der Waals surface area contributed by atoms with E-state index in [1.165, 1.54) is 12.8 Å². The molecule has 28 heavy (non-hydrogen) atoms. The topological polar surface area (TPSA) is 101 Å². The van der Waals surface area contributed by atoms with Crippen LogP contribution in [0.5, 0.6) is 0 Å². The average Bonchev–Trinajstić information content (AvgIpc) is 3.41. The minimum absolute atomic E-state index is 0.0605. The van der Waals surface area contributed by atoms with Gasteiger partial charge < -0.3 is 16.0 Å². The number of benzene rings is 1. The van der Waals surface area contributed by atoms with E-state index in [0.29, 0.717) is 16.9 Å². The maximum atomic E-state index is 12.4. The molecule has 1 saturated heterocycles. The zero-order chi connectivity index (χ0) is 19.3. The molecule has 8 nitrogen and oxygen atoms in total. The van der Waals surface area contributed by atoms with E-state index in [1.54, 1.807) is 35.1 Å². The molecule has 0 unspecified atom stereocenters. The predicted octanol–water partition coefficient (Wildman–Crippen LogP) is 2.13. The van der Waals surface area contributed by atoms with Crippen LogP contribution in [0.3, 0.4) is 0 Å². The van der Waals surface area contributed by atoms with Crippen LogP contribution in [0.1, 0.15) is 65.4 Å². The number of nitrogens with zero attached hydrogens (tertiary/aromatic N) is 3. The van der Waals surface area contributed by atoms with Crippen LogP contribution < -0.4 is 16.0 Å². The average molecular weight is 382 g/mol. The third kappa shape index (κ3) is 4.39. The monoisotopic (exact) mass is 382 g/mol. The fourth-order valence-electron chi connectivity index (χ4n) is 3.87. The van der Waals surface area contributed by atoms with Gasteiger partial charge in [0.25, 0.3) is 11.8 Å². The number of rotatable bonds is 5. The van der Waals surface area contributed by atoms with E-state index < -0.39 is 0 Å². The minimum Gasteiger partial charge on any atom is -0.349 e. The Bertz CT molecular complexity index is 819. The number of anilines is 1. The summed E-state index contributed by atoms with van der Waals surface area (Å²) >= 11 is 0. The summed E-state index contributed by atoms with van der Waals surface area (Å²) in [5, 5.41) is 17.3. The lowest BCUT2D eigenvalue weighted by atomic mass is 10.1. The number of amides is 2. The molecule has 1 aliphatic heterocycles. The molecule has 0 bridgehead atoms. The highest BCUT2D eigenvalue weighted by molar-refractivity contribution is 6.03. The Labute approximate surface area is 164 Å². The van der Waals surface area contributed by atoms with Crippen LogP contribution in [0.15, 0.2) is 30.5 Å².